The second-order valence-electron chi connectivity index (χ2n) is 6.91. The Morgan fingerprint density at radius 1 is 0.963 bits per heavy atom. The van der Waals surface area contributed by atoms with Crippen molar-refractivity contribution in [3.05, 3.63) is 42.5 Å². The summed E-state index contributed by atoms with van der Waals surface area (Å²) >= 11 is 0. The summed E-state index contributed by atoms with van der Waals surface area (Å²) in [6.45, 7) is 1.07. The number of rotatable bonds is 12. The van der Waals surface area contributed by atoms with Crippen LogP contribution >= 0.6 is 0 Å². The summed E-state index contributed by atoms with van der Waals surface area (Å²) in [6, 6.07) is 13.2. The van der Waals surface area contributed by atoms with Crippen LogP contribution in [0.15, 0.2) is 42.5 Å². The van der Waals surface area contributed by atoms with Crippen molar-refractivity contribution in [1.29, 1.82) is 0 Å². The third-order valence-electron chi connectivity index (χ3n) is 4.28. The lowest BCUT2D eigenvalue weighted by atomic mass is 10.1. The first kappa shape index (κ1) is 21.6. The summed E-state index contributed by atoms with van der Waals surface area (Å²) in [6.07, 6.45) is 4.39. The molecule has 2 aromatic carbocycles. The third-order valence-corrected chi connectivity index (χ3v) is 4.74. The van der Waals surface area contributed by atoms with Gasteiger partial charge in [0.05, 0.1) is 0 Å². The van der Waals surface area contributed by atoms with E-state index in [4.69, 9.17) is 13.5 Å². The van der Waals surface area contributed by atoms with E-state index in [1.54, 1.807) is 6.07 Å². The molecule has 27 heavy (non-hydrogen) atoms. The fourth-order valence-electron chi connectivity index (χ4n) is 2.97. The first-order valence-electron chi connectivity index (χ1n) is 9.30. The molecule has 0 saturated heterocycles. The van der Waals surface area contributed by atoms with Crippen LogP contribution in [0.3, 0.4) is 0 Å². The van der Waals surface area contributed by atoms with Crippen LogP contribution in [-0.2, 0) is 14.6 Å². The molecule has 0 fully saturated rings. The zero-order valence-corrected chi connectivity index (χ0v) is 16.8. The second kappa shape index (κ2) is 10.6. The highest BCUT2D eigenvalue weighted by molar-refractivity contribution is 7.80. The molecule has 7 heteroatoms. The first-order valence-corrected chi connectivity index (χ1v) is 10.7. The predicted octanol–water partition coefficient (Wildman–Crippen LogP) is 4.27. The molecular weight excluding hydrogens is 366 g/mol. The molecule has 0 aliphatic heterocycles. The van der Waals surface area contributed by atoms with E-state index < -0.39 is 16.7 Å². The minimum absolute atomic E-state index is 0.386. The van der Waals surface area contributed by atoms with Gasteiger partial charge in [-0.25, -0.2) is 4.18 Å². The maximum atomic E-state index is 11.2. The van der Waals surface area contributed by atoms with Crippen LogP contribution < -0.4 is 4.74 Å². The fourth-order valence-corrected chi connectivity index (χ4v) is 3.38. The second-order valence-corrected chi connectivity index (χ2v) is 7.96. The van der Waals surface area contributed by atoms with Crippen LogP contribution in [0.1, 0.15) is 38.5 Å². The molecule has 150 valence electrons. The van der Waals surface area contributed by atoms with Crippen molar-refractivity contribution >= 4 is 21.2 Å². The van der Waals surface area contributed by atoms with Gasteiger partial charge in [-0.1, -0.05) is 55.7 Å². The Morgan fingerprint density at radius 2 is 1.63 bits per heavy atom. The van der Waals surface area contributed by atoms with Gasteiger partial charge in [0.15, 0.2) is 0 Å². The number of hydrogen-bond donors (Lipinski definition) is 1. The monoisotopic (exact) mass is 395 g/mol. The minimum atomic E-state index is -4.59. The van der Waals surface area contributed by atoms with E-state index in [2.05, 4.69) is 19.0 Å². The molecular formula is C20H29NO5S. The van der Waals surface area contributed by atoms with Gasteiger partial charge in [-0.3, -0.25) is 4.55 Å². The van der Waals surface area contributed by atoms with Gasteiger partial charge in [0.2, 0.25) is 6.29 Å². The maximum Gasteiger partial charge on any atom is 0.400 e. The Labute approximate surface area is 162 Å². The molecule has 0 aliphatic rings. The van der Waals surface area contributed by atoms with Crippen molar-refractivity contribution in [3.63, 3.8) is 0 Å². The zero-order valence-electron chi connectivity index (χ0n) is 16.0. The summed E-state index contributed by atoms with van der Waals surface area (Å²) < 4.78 is 42.0. The summed E-state index contributed by atoms with van der Waals surface area (Å²) in [4.78, 5) is 2.16. The molecule has 0 radical (unpaired) electrons. The molecule has 0 spiro atoms. The highest BCUT2D eigenvalue weighted by Gasteiger charge is 2.19. The average Bonchev–Trinajstić information content (AvgIpc) is 2.59. The van der Waals surface area contributed by atoms with E-state index in [0.717, 1.165) is 49.4 Å². The van der Waals surface area contributed by atoms with Crippen LogP contribution in [0, 0.1) is 0 Å². The van der Waals surface area contributed by atoms with Crippen molar-refractivity contribution in [2.45, 2.75) is 44.8 Å². The molecule has 2 rings (SSSR count). The smallest absolute Gasteiger partial charge is 0.400 e. The van der Waals surface area contributed by atoms with Crippen molar-refractivity contribution in [2.75, 3.05) is 20.6 Å². The molecule has 1 unspecified atom stereocenters. The quantitative estimate of drug-likeness (QED) is 0.329. The van der Waals surface area contributed by atoms with Gasteiger partial charge in [0, 0.05) is 11.8 Å². The normalized spacial score (nSPS) is 13.2. The van der Waals surface area contributed by atoms with E-state index in [1.807, 2.05) is 36.4 Å². The van der Waals surface area contributed by atoms with Crippen molar-refractivity contribution in [3.8, 4) is 5.75 Å². The summed E-state index contributed by atoms with van der Waals surface area (Å²) in [5.74, 6) is 0.535. The van der Waals surface area contributed by atoms with Gasteiger partial charge in [-0.05, 0) is 44.9 Å². The fraction of sp³-hybridized carbons (Fsp3) is 0.500. The van der Waals surface area contributed by atoms with E-state index in [0.29, 0.717) is 12.2 Å². The number of unbranched alkanes of at least 4 members (excludes halogenated alkanes) is 4. The molecule has 0 heterocycles. The van der Waals surface area contributed by atoms with Gasteiger partial charge in [0.25, 0.3) is 0 Å². The van der Waals surface area contributed by atoms with Crippen LogP contribution in [0.25, 0.3) is 10.8 Å². The maximum absolute atomic E-state index is 11.2. The average molecular weight is 396 g/mol. The van der Waals surface area contributed by atoms with E-state index in [-0.39, 0.29) is 0 Å². The Morgan fingerprint density at radius 3 is 2.37 bits per heavy atom. The summed E-state index contributed by atoms with van der Waals surface area (Å²) in [5, 5.41) is 1.86. The summed E-state index contributed by atoms with van der Waals surface area (Å²) in [5.41, 5.74) is 0. The molecule has 1 N–H and O–H groups in total. The largest absolute Gasteiger partial charge is 0.463 e. The minimum Gasteiger partial charge on any atom is -0.463 e. The van der Waals surface area contributed by atoms with Crippen molar-refractivity contribution in [1.82, 2.24) is 4.90 Å². The van der Waals surface area contributed by atoms with E-state index >= 15 is 0 Å². The number of hydrogen-bond acceptors (Lipinski definition) is 5. The highest BCUT2D eigenvalue weighted by atomic mass is 32.3. The Hall–Kier alpha value is -1.67. The van der Waals surface area contributed by atoms with Crippen LogP contribution in [0.5, 0.6) is 5.75 Å². The third kappa shape index (κ3) is 8.26. The molecule has 6 nitrogen and oxygen atoms in total. The van der Waals surface area contributed by atoms with Crippen molar-refractivity contribution in [2.24, 2.45) is 0 Å². The SMILES string of the molecule is CN(C)CCCCCCCC(Oc1cccc2ccccc12)OS(=O)(=O)O. The molecule has 0 saturated carbocycles. The lowest BCUT2D eigenvalue weighted by molar-refractivity contribution is -0.00409. The molecule has 1 atom stereocenters. The topological polar surface area (TPSA) is 76.1 Å². The molecule has 2 aromatic rings. The van der Waals surface area contributed by atoms with E-state index in [1.165, 1.54) is 0 Å². The van der Waals surface area contributed by atoms with Gasteiger partial charge < -0.3 is 9.64 Å². The molecule has 0 amide bonds. The molecule has 0 aliphatic carbocycles. The van der Waals surface area contributed by atoms with Gasteiger partial charge in [-0.2, -0.15) is 8.42 Å². The Bertz CT molecular complexity index is 802. The number of fused-ring (bicyclic) bond motifs is 1. The Kier molecular flexibility index (Phi) is 8.50. The van der Waals surface area contributed by atoms with Crippen LogP contribution in [0.4, 0.5) is 0 Å². The lowest BCUT2D eigenvalue weighted by Crippen LogP contribution is -2.24. The van der Waals surface area contributed by atoms with Crippen LogP contribution in [0.2, 0.25) is 0 Å². The lowest BCUT2D eigenvalue weighted by Gasteiger charge is -2.19. The van der Waals surface area contributed by atoms with Crippen molar-refractivity contribution < 1.29 is 21.9 Å². The molecule has 0 aromatic heterocycles. The summed E-state index contributed by atoms with van der Waals surface area (Å²) in [7, 11) is -0.473. The van der Waals surface area contributed by atoms with Gasteiger partial charge >= 0.3 is 10.4 Å². The Balaban J connectivity index is 1.92. The predicted molar refractivity (Wildman–Crippen MR) is 107 cm³/mol. The molecule has 0 bridgehead atoms. The van der Waals surface area contributed by atoms with Crippen LogP contribution in [-0.4, -0.2) is 44.8 Å². The number of nitrogens with zero attached hydrogens (tertiary/aromatic N) is 1. The number of benzene rings is 2. The first-order chi connectivity index (χ1) is 12.8. The standard InChI is InChI=1S/C20H29NO5S/c1-21(2)16-9-5-3-4-6-15-20(26-27(22,23)24)25-19-14-10-12-17-11-7-8-13-18(17)19/h7-8,10-14,20H,3-6,9,15-16H2,1-2H3,(H,22,23,24). The van der Waals surface area contributed by atoms with E-state index in [9.17, 15) is 8.42 Å². The van der Waals surface area contributed by atoms with Gasteiger partial charge in [0.1, 0.15) is 5.75 Å². The van der Waals surface area contributed by atoms with Gasteiger partial charge in [-0.15, -0.1) is 0 Å². The highest BCUT2D eigenvalue weighted by Crippen LogP contribution is 2.27. The zero-order chi connectivity index (χ0) is 19.7. The number of ether oxygens (including phenoxy) is 1.